The highest BCUT2D eigenvalue weighted by Crippen LogP contribution is 2.35. The molecule has 11 heteroatoms. The number of rotatable bonds is 6. The van der Waals surface area contributed by atoms with Crippen molar-refractivity contribution < 1.29 is 19.1 Å². The number of ether oxygens (including phenoxy) is 2. The fourth-order valence-electron chi connectivity index (χ4n) is 3.66. The van der Waals surface area contributed by atoms with Crippen molar-refractivity contribution in [3.63, 3.8) is 0 Å². The van der Waals surface area contributed by atoms with E-state index in [-0.39, 0.29) is 5.82 Å². The van der Waals surface area contributed by atoms with Gasteiger partial charge in [0.2, 0.25) is 5.91 Å². The zero-order valence-corrected chi connectivity index (χ0v) is 21.6. The summed E-state index contributed by atoms with van der Waals surface area (Å²) in [6.45, 7) is 6.77. The number of alkyl carbamates (subject to hydrolysis) is 1. The lowest BCUT2D eigenvalue weighted by Gasteiger charge is -2.21. The summed E-state index contributed by atoms with van der Waals surface area (Å²) in [5.74, 6) is -0.0239. The van der Waals surface area contributed by atoms with Crippen LogP contribution in [-0.2, 0) is 16.6 Å². The van der Waals surface area contributed by atoms with Gasteiger partial charge in [-0.25, -0.2) is 19.7 Å². The molecule has 0 aliphatic rings. The fourth-order valence-corrected chi connectivity index (χ4v) is 3.66. The molecular weight excluding hydrogens is 474 g/mol. The number of pyridine rings is 1. The van der Waals surface area contributed by atoms with Gasteiger partial charge in [0.25, 0.3) is 0 Å². The van der Waals surface area contributed by atoms with Crippen LogP contribution in [0.4, 0.5) is 10.6 Å². The van der Waals surface area contributed by atoms with Crippen LogP contribution in [0.5, 0.6) is 5.75 Å². The maximum atomic E-state index is 12.9. The van der Waals surface area contributed by atoms with E-state index in [4.69, 9.17) is 9.47 Å². The average Bonchev–Trinajstić information content (AvgIpc) is 3.23. The van der Waals surface area contributed by atoms with Gasteiger partial charge in [0.15, 0.2) is 11.6 Å². The number of amides is 2. The number of methoxy groups -OCH3 is 1. The highest BCUT2D eigenvalue weighted by Gasteiger charge is 2.24. The molecule has 0 spiro atoms. The largest absolute Gasteiger partial charge is 0.493 e. The molecule has 3 heterocycles. The van der Waals surface area contributed by atoms with Crippen LogP contribution in [-0.4, -0.2) is 55.5 Å². The molecule has 1 atom stereocenters. The highest BCUT2D eigenvalue weighted by molar-refractivity contribution is 6.00. The second-order valence-corrected chi connectivity index (χ2v) is 9.42. The van der Waals surface area contributed by atoms with Gasteiger partial charge in [0, 0.05) is 30.4 Å². The number of fused-ring (bicyclic) bond motifs is 1. The van der Waals surface area contributed by atoms with Gasteiger partial charge in [-0.05, 0) is 27.7 Å². The van der Waals surface area contributed by atoms with Crippen LogP contribution in [0.15, 0.2) is 48.9 Å². The molecule has 0 fully saturated rings. The Hall–Kier alpha value is -4.54. The van der Waals surface area contributed by atoms with Crippen LogP contribution in [0, 0.1) is 0 Å². The number of aryl methyl sites for hydroxylation is 1. The Morgan fingerprint density at radius 1 is 1.08 bits per heavy atom. The standard InChI is InChI=1S/C26H29N7O4/c1-15(29-25(35)37-26(2,3)4)24(34)31-23-19(36-6)12-18-22(30-23)21(28-14-27-18)17-13-33(5)32-20(17)16-10-8-7-9-11-16/h7-15H,1-6H3,(H,29,35)(H,30,31,34)/t15-/m0/s1. The SMILES string of the molecule is COc1cc2ncnc(-c3cn(C)nc3-c3ccccc3)c2nc1NC(=O)[C@H](C)NC(=O)OC(C)(C)C. The van der Waals surface area contributed by atoms with Crippen molar-refractivity contribution in [2.45, 2.75) is 39.3 Å². The zero-order chi connectivity index (χ0) is 26.7. The quantitative estimate of drug-likeness (QED) is 0.404. The molecular formula is C26H29N7O4. The predicted molar refractivity (Wildman–Crippen MR) is 139 cm³/mol. The lowest BCUT2D eigenvalue weighted by Crippen LogP contribution is -2.44. The van der Waals surface area contributed by atoms with E-state index in [9.17, 15) is 9.59 Å². The van der Waals surface area contributed by atoms with Crippen molar-refractivity contribution in [1.82, 2.24) is 30.0 Å². The summed E-state index contributed by atoms with van der Waals surface area (Å²) in [5.41, 5.74) is 3.27. The van der Waals surface area contributed by atoms with Crippen molar-refractivity contribution in [2.75, 3.05) is 12.4 Å². The number of aromatic nitrogens is 5. The first-order valence-corrected chi connectivity index (χ1v) is 11.7. The normalized spacial score (nSPS) is 12.2. The number of hydrogen-bond donors (Lipinski definition) is 2. The lowest BCUT2D eigenvalue weighted by molar-refractivity contribution is -0.117. The Bertz CT molecular complexity index is 1440. The van der Waals surface area contributed by atoms with Gasteiger partial charge >= 0.3 is 6.09 Å². The van der Waals surface area contributed by atoms with Crippen LogP contribution >= 0.6 is 0 Å². The first kappa shape index (κ1) is 25.5. The van der Waals surface area contributed by atoms with Crippen molar-refractivity contribution in [1.29, 1.82) is 0 Å². The molecule has 37 heavy (non-hydrogen) atoms. The fraction of sp³-hybridized carbons (Fsp3) is 0.308. The topological polar surface area (TPSA) is 133 Å². The smallest absolute Gasteiger partial charge is 0.408 e. The Kier molecular flexibility index (Phi) is 7.05. The predicted octanol–water partition coefficient (Wildman–Crippen LogP) is 3.95. The molecule has 2 N–H and O–H groups in total. The molecule has 11 nitrogen and oxygen atoms in total. The second kappa shape index (κ2) is 10.2. The third-order valence-electron chi connectivity index (χ3n) is 5.29. The maximum absolute atomic E-state index is 12.9. The van der Waals surface area contributed by atoms with Gasteiger partial charge in [-0.15, -0.1) is 0 Å². The van der Waals surface area contributed by atoms with Crippen LogP contribution in [0.3, 0.4) is 0 Å². The summed E-state index contributed by atoms with van der Waals surface area (Å²) in [6.07, 6.45) is 2.61. The maximum Gasteiger partial charge on any atom is 0.408 e. The molecule has 0 saturated carbocycles. The van der Waals surface area contributed by atoms with Crippen molar-refractivity contribution >= 4 is 28.9 Å². The van der Waals surface area contributed by atoms with Gasteiger partial charge in [0.1, 0.15) is 34.9 Å². The monoisotopic (exact) mass is 503 g/mol. The molecule has 0 unspecified atom stereocenters. The van der Waals surface area contributed by atoms with Gasteiger partial charge in [-0.1, -0.05) is 30.3 Å². The first-order valence-electron chi connectivity index (χ1n) is 11.7. The summed E-state index contributed by atoms with van der Waals surface area (Å²) >= 11 is 0. The molecule has 3 aromatic heterocycles. The summed E-state index contributed by atoms with van der Waals surface area (Å²) in [4.78, 5) is 38.5. The molecule has 4 aromatic rings. The van der Waals surface area contributed by atoms with Gasteiger partial charge in [-0.2, -0.15) is 5.10 Å². The van der Waals surface area contributed by atoms with Gasteiger partial charge in [0.05, 0.1) is 12.6 Å². The molecule has 4 rings (SSSR count). The summed E-state index contributed by atoms with van der Waals surface area (Å²) < 4.78 is 12.4. The molecule has 0 saturated heterocycles. The Morgan fingerprint density at radius 3 is 2.49 bits per heavy atom. The van der Waals surface area contributed by atoms with Crippen LogP contribution in [0.2, 0.25) is 0 Å². The van der Waals surface area contributed by atoms with Crippen molar-refractivity contribution in [3.05, 3.63) is 48.9 Å². The second-order valence-electron chi connectivity index (χ2n) is 9.42. The van der Waals surface area contributed by atoms with E-state index in [1.54, 1.807) is 38.4 Å². The lowest BCUT2D eigenvalue weighted by atomic mass is 10.0. The zero-order valence-electron chi connectivity index (χ0n) is 21.6. The minimum atomic E-state index is -0.897. The van der Waals surface area contributed by atoms with E-state index in [1.165, 1.54) is 13.4 Å². The number of benzene rings is 1. The van der Waals surface area contributed by atoms with Gasteiger partial charge < -0.3 is 20.1 Å². The number of hydrogen-bond acceptors (Lipinski definition) is 8. The van der Waals surface area contributed by atoms with Crippen LogP contribution in [0.25, 0.3) is 33.5 Å². The minimum absolute atomic E-state index is 0.166. The summed E-state index contributed by atoms with van der Waals surface area (Å²) in [5, 5.41) is 9.88. The minimum Gasteiger partial charge on any atom is -0.493 e. The summed E-state index contributed by atoms with van der Waals surface area (Å²) in [6, 6.07) is 10.5. The van der Waals surface area contributed by atoms with E-state index in [0.29, 0.717) is 22.5 Å². The number of anilines is 1. The Balaban J connectivity index is 1.71. The molecule has 2 amide bonds. The van der Waals surface area contributed by atoms with Crippen molar-refractivity contribution in [3.8, 4) is 28.3 Å². The van der Waals surface area contributed by atoms with E-state index < -0.39 is 23.6 Å². The number of nitrogens with zero attached hydrogens (tertiary/aromatic N) is 5. The molecule has 1 aromatic carbocycles. The number of nitrogens with one attached hydrogen (secondary N) is 2. The Labute approximate surface area is 214 Å². The Morgan fingerprint density at radius 2 is 1.81 bits per heavy atom. The number of carbonyl (C=O) groups excluding carboxylic acids is 2. The van der Waals surface area contributed by atoms with Crippen LogP contribution in [0.1, 0.15) is 27.7 Å². The molecule has 0 aliphatic carbocycles. The van der Waals surface area contributed by atoms with E-state index in [2.05, 4.69) is 30.7 Å². The van der Waals surface area contributed by atoms with Gasteiger partial charge in [-0.3, -0.25) is 9.48 Å². The number of carbonyl (C=O) groups is 2. The molecule has 0 radical (unpaired) electrons. The molecule has 192 valence electrons. The third-order valence-corrected chi connectivity index (χ3v) is 5.29. The van der Waals surface area contributed by atoms with E-state index in [1.807, 2.05) is 43.6 Å². The average molecular weight is 504 g/mol. The molecule has 0 bridgehead atoms. The third kappa shape index (κ3) is 5.83. The van der Waals surface area contributed by atoms with E-state index in [0.717, 1.165) is 16.8 Å². The summed E-state index contributed by atoms with van der Waals surface area (Å²) in [7, 11) is 3.30. The van der Waals surface area contributed by atoms with E-state index >= 15 is 0 Å². The molecule has 0 aliphatic heterocycles. The highest BCUT2D eigenvalue weighted by atomic mass is 16.6. The van der Waals surface area contributed by atoms with Crippen molar-refractivity contribution in [2.24, 2.45) is 7.05 Å². The van der Waals surface area contributed by atoms with Crippen LogP contribution < -0.4 is 15.4 Å². The first-order chi connectivity index (χ1) is 17.6.